The summed E-state index contributed by atoms with van der Waals surface area (Å²) in [6.45, 7) is 8.74. The third-order valence-corrected chi connectivity index (χ3v) is 6.77. The first-order valence-electron chi connectivity index (χ1n) is 11.6. The smallest absolute Gasteiger partial charge is 0.326 e. The van der Waals surface area contributed by atoms with Crippen molar-refractivity contribution in [3.8, 4) is 0 Å². The maximum atomic E-state index is 13.4. The van der Waals surface area contributed by atoms with Crippen LogP contribution in [0.2, 0.25) is 0 Å². The van der Waals surface area contributed by atoms with E-state index in [9.17, 15) is 24.3 Å². The number of amides is 3. The second-order valence-electron chi connectivity index (χ2n) is 8.92. The monoisotopic (exact) mass is 438 g/mol. The summed E-state index contributed by atoms with van der Waals surface area (Å²) in [4.78, 5) is 52.1. The molecule has 0 radical (unpaired) electrons. The van der Waals surface area contributed by atoms with Crippen molar-refractivity contribution in [3.05, 3.63) is 0 Å². The summed E-state index contributed by atoms with van der Waals surface area (Å²) in [5, 5.41) is 18.2. The van der Waals surface area contributed by atoms with Crippen LogP contribution in [0.15, 0.2) is 0 Å². The summed E-state index contributed by atoms with van der Waals surface area (Å²) < 4.78 is 0. The molecule has 4 N–H and O–H groups in total. The number of carbonyl (C=O) groups excluding carboxylic acids is 3. The molecular formula is C22H38N4O5. The van der Waals surface area contributed by atoms with Gasteiger partial charge in [-0.05, 0) is 44.1 Å². The van der Waals surface area contributed by atoms with Gasteiger partial charge < -0.3 is 26.0 Å². The first-order valence-corrected chi connectivity index (χ1v) is 11.6. The van der Waals surface area contributed by atoms with Crippen LogP contribution in [0.25, 0.3) is 0 Å². The molecule has 0 aromatic carbocycles. The standard InChI is InChI=1S/C22H38N4O5/c1-5-13(3)17(24-19(27)15-9-7-11-23-15)21(29)26-12-8-10-16(26)20(28)25-18(22(30)31)14(4)6-2/h13-18,23H,5-12H2,1-4H3,(H,24,27)(H,25,28)(H,30,31). The summed E-state index contributed by atoms with van der Waals surface area (Å²) in [5.41, 5.74) is 0. The van der Waals surface area contributed by atoms with E-state index in [0.717, 1.165) is 19.4 Å². The van der Waals surface area contributed by atoms with Gasteiger partial charge in [0.15, 0.2) is 0 Å². The van der Waals surface area contributed by atoms with E-state index in [2.05, 4.69) is 16.0 Å². The lowest BCUT2D eigenvalue weighted by Gasteiger charge is -2.32. The van der Waals surface area contributed by atoms with E-state index in [-0.39, 0.29) is 29.7 Å². The Bertz CT molecular complexity index is 664. The third-order valence-electron chi connectivity index (χ3n) is 6.77. The molecule has 0 aromatic rings. The number of aliphatic carboxylic acids is 1. The number of nitrogens with one attached hydrogen (secondary N) is 3. The average Bonchev–Trinajstić information content (AvgIpc) is 3.45. The Kier molecular flexibility index (Phi) is 9.28. The number of carboxylic acid groups (broad SMARTS) is 1. The van der Waals surface area contributed by atoms with E-state index in [1.54, 1.807) is 6.92 Å². The van der Waals surface area contributed by atoms with Crippen LogP contribution in [-0.2, 0) is 19.2 Å². The highest BCUT2D eigenvalue weighted by Crippen LogP contribution is 2.22. The van der Waals surface area contributed by atoms with Crippen molar-refractivity contribution in [2.75, 3.05) is 13.1 Å². The predicted molar refractivity (Wildman–Crippen MR) is 116 cm³/mol. The molecule has 2 fully saturated rings. The number of hydrogen-bond acceptors (Lipinski definition) is 5. The van der Waals surface area contributed by atoms with E-state index in [1.807, 2.05) is 20.8 Å². The number of carbonyl (C=O) groups is 4. The van der Waals surface area contributed by atoms with Crippen molar-refractivity contribution in [1.29, 1.82) is 0 Å². The van der Waals surface area contributed by atoms with Crippen molar-refractivity contribution in [3.63, 3.8) is 0 Å². The van der Waals surface area contributed by atoms with Gasteiger partial charge >= 0.3 is 5.97 Å². The van der Waals surface area contributed by atoms with E-state index >= 15 is 0 Å². The zero-order chi connectivity index (χ0) is 23.1. The Morgan fingerprint density at radius 3 is 2.13 bits per heavy atom. The quantitative estimate of drug-likeness (QED) is 0.401. The van der Waals surface area contributed by atoms with Crippen LogP contribution in [0.1, 0.15) is 66.2 Å². The lowest BCUT2D eigenvalue weighted by Crippen LogP contribution is -2.58. The summed E-state index contributed by atoms with van der Waals surface area (Å²) in [5.74, 6) is -2.28. The third kappa shape index (κ3) is 6.18. The molecule has 2 heterocycles. The van der Waals surface area contributed by atoms with Crippen molar-refractivity contribution >= 4 is 23.7 Å². The predicted octanol–water partition coefficient (Wildman–Crippen LogP) is 0.876. The van der Waals surface area contributed by atoms with Crippen LogP contribution in [-0.4, -0.2) is 71.0 Å². The molecule has 2 aliphatic heterocycles. The molecule has 9 heteroatoms. The fourth-order valence-electron chi connectivity index (χ4n) is 4.26. The lowest BCUT2D eigenvalue weighted by atomic mass is 9.96. The van der Waals surface area contributed by atoms with Crippen molar-refractivity contribution in [2.45, 2.75) is 90.4 Å². The fraction of sp³-hybridized carbons (Fsp3) is 0.818. The molecule has 2 rings (SSSR count). The van der Waals surface area contributed by atoms with E-state index in [4.69, 9.17) is 0 Å². The summed E-state index contributed by atoms with van der Waals surface area (Å²) in [6.07, 6.45) is 4.13. The first-order chi connectivity index (χ1) is 14.7. The van der Waals surface area contributed by atoms with Gasteiger partial charge in [0.1, 0.15) is 18.1 Å². The number of rotatable bonds is 10. The molecule has 6 atom stereocenters. The molecule has 31 heavy (non-hydrogen) atoms. The van der Waals surface area contributed by atoms with Crippen molar-refractivity contribution in [2.24, 2.45) is 11.8 Å². The van der Waals surface area contributed by atoms with Gasteiger partial charge in [-0.25, -0.2) is 4.79 Å². The number of hydrogen-bond donors (Lipinski definition) is 4. The Hall–Kier alpha value is -2.16. The maximum Gasteiger partial charge on any atom is 0.326 e. The molecule has 0 spiro atoms. The van der Waals surface area contributed by atoms with Gasteiger partial charge in [0.25, 0.3) is 0 Å². The van der Waals surface area contributed by atoms with Crippen LogP contribution < -0.4 is 16.0 Å². The van der Waals surface area contributed by atoms with Crippen LogP contribution in [0.5, 0.6) is 0 Å². The summed E-state index contributed by atoms with van der Waals surface area (Å²) >= 11 is 0. The molecular weight excluding hydrogens is 400 g/mol. The van der Waals surface area contributed by atoms with Gasteiger partial charge in [-0.2, -0.15) is 0 Å². The molecule has 3 amide bonds. The fourth-order valence-corrected chi connectivity index (χ4v) is 4.26. The minimum atomic E-state index is -1.08. The highest BCUT2D eigenvalue weighted by atomic mass is 16.4. The second-order valence-corrected chi connectivity index (χ2v) is 8.92. The minimum Gasteiger partial charge on any atom is -0.480 e. The van der Waals surface area contributed by atoms with Crippen LogP contribution in [0.4, 0.5) is 0 Å². The number of nitrogens with zero attached hydrogens (tertiary/aromatic N) is 1. The second kappa shape index (κ2) is 11.5. The molecule has 0 bridgehead atoms. The zero-order valence-corrected chi connectivity index (χ0v) is 19.1. The molecule has 9 nitrogen and oxygen atoms in total. The van der Waals surface area contributed by atoms with E-state index < -0.39 is 30.0 Å². The molecule has 176 valence electrons. The molecule has 0 aliphatic carbocycles. The molecule has 2 saturated heterocycles. The van der Waals surface area contributed by atoms with Gasteiger partial charge in [-0.1, -0.05) is 40.5 Å². The average molecular weight is 439 g/mol. The number of likely N-dealkylation sites (tertiary alicyclic amines) is 1. The normalized spacial score (nSPS) is 24.8. The van der Waals surface area contributed by atoms with Crippen LogP contribution in [0, 0.1) is 11.8 Å². The highest BCUT2D eigenvalue weighted by Gasteiger charge is 2.41. The maximum absolute atomic E-state index is 13.4. The lowest BCUT2D eigenvalue weighted by molar-refractivity contribution is -0.146. The molecule has 0 saturated carbocycles. The van der Waals surface area contributed by atoms with E-state index in [1.165, 1.54) is 4.90 Å². The zero-order valence-electron chi connectivity index (χ0n) is 19.1. The largest absolute Gasteiger partial charge is 0.480 e. The topological polar surface area (TPSA) is 128 Å². The Morgan fingerprint density at radius 1 is 0.968 bits per heavy atom. The Balaban J connectivity index is 2.12. The van der Waals surface area contributed by atoms with Gasteiger partial charge in [-0.3, -0.25) is 14.4 Å². The van der Waals surface area contributed by atoms with Gasteiger partial charge in [0.05, 0.1) is 6.04 Å². The van der Waals surface area contributed by atoms with E-state index in [0.29, 0.717) is 32.2 Å². The minimum absolute atomic E-state index is 0.0888. The first kappa shape index (κ1) is 25.1. The Morgan fingerprint density at radius 2 is 1.58 bits per heavy atom. The number of carboxylic acids is 1. The SMILES string of the molecule is CCC(C)C(NC(=O)C1CCCN1C(=O)C(NC(=O)C1CCCN1)C(C)CC)C(=O)O. The molecule has 0 aromatic heterocycles. The van der Waals surface area contributed by atoms with Crippen molar-refractivity contribution in [1.82, 2.24) is 20.9 Å². The van der Waals surface area contributed by atoms with Gasteiger partial charge in [0, 0.05) is 6.54 Å². The van der Waals surface area contributed by atoms with Crippen LogP contribution >= 0.6 is 0 Å². The molecule has 6 unspecified atom stereocenters. The summed E-state index contributed by atoms with van der Waals surface area (Å²) in [7, 11) is 0. The highest BCUT2D eigenvalue weighted by molar-refractivity contribution is 5.94. The summed E-state index contributed by atoms with van der Waals surface area (Å²) in [6, 6.07) is -2.71. The van der Waals surface area contributed by atoms with Crippen LogP contribution in [0.3, 0.4) is 0 Å². The van der Waals surface area contributed by atoms with Gasteiger partial charge in [-0.15, -0.1) is 0 Å². The van der Waals surface area contributed by atoms with Gasteiger partial charge in [0.2, 0.25) is 17.7 Å². The van der Waals surface area contributed by atoms with Crippen molar-refractivity contribution < 1.29 is 24.3 Å². The Labute approximate surface area is 184 Å². The molecule has 2 aliphatic rings.